The average Bonchev–Trinajstić information content (AvgIpc) is 2.50. The lowest BCUT2D eigenvalue weighted by atomic mass is 9.94. The van der Waals surface area contributed by atoms with E-state index in [1.807, 2.05) is 6.92 Å². The third-order valence-electron chi connectivity index (χ3n) is 4.11. The number of rotatable bonds is 5. The van der Waals surface area contributed by atoms with Crippen LogP contribution in [-0.4, -0.2) is 65.8 Å². The van der Waals surface area contributed by atoms with E-state index in [0.717, 1.165) is 19.5 Å². The van der Waals surface area contributed by atoms with Gasteiger partial charge in [0.2, 0.25) is 0 Å². The lowest BCUT2D eigenvalue weighted by molar-refractivity contribution is 0.0992. The van der Waals surface area contributed by atoms with E-state index in [-0.39, 0.29) is 6.61 Å². The summed E-state index contributed by atoms with van der Waals surface area (Å²) in [6.07, 6.45) is 3.25. The van der Waals surface area contributed by atoms with Gasteiger partial charge < -0.3 is 15.7 Å². The monoisotopic (exact) mass is 257 g/mol. The molecule has 3 atom stereocenters. The van der Waals surface area contributed by atoms with Crippen LogP contribution in [0.1, 0.15) is 40.0 Å². The molecular formula is C14H31N3O. The Kier molecular flexibility index (Phi) is 6.05. The summed E-state index contributed by atoms with van der Waals surface area (Å²) < 4.78 is 0. The van der Waals surface area contributed by atoms with Gasteiger partial charge in [-0.1, -0.05) is 6.92 Å². The molecule has 1 aliphatic rings. The summed E-state index contributed by atoms with van der Waals surface area (Å²) in [5.41, 5.74) is 5.63. The lowest BCUT2D eigenvalue weighted by Gasteiger charge is -2.38. The van der Waals surface area contributed by atoms with E-state index in [9.17, 15) is 5.11 Å². The Hall–Kier alpha value is -0.160. The summed E-state index contributed by atoms with van der Waals surface area (Å²) in [4.78, 5) is 5.01. The molecule has 0 aromatic heterocycles. The first kappa shape index (κ1) is 15.9. The van der Waals surface area contributed by atoms with Crippen LogP contribution in [-0.2, 0) is 0 Å². The van der Waals surface area contributed by atoms with Gasteiger partial charge in [0.1, 0.15) is 0 Å². The molecule has 1 heterocycles. The molecule has 0 bridgehead atoms. The van der Waals surface area contributed by atoms with Gasteiger partial charge in [-0.15, -0.1) is 0 Å². The maximum atomic E-state index is 9.31. The topological polar surface area (TPSA) is 52.7 Å². The Morgan fingerprint density at radius 3 is 2.67 bits per heavy atom. The molecule has 0 aromatic rings. The fourth-order valence-electron chi connectivity index (χ4n) is 3.06. The maximum Gasteiger partial charge on any atom is 0.0609 e. The maximum absolute atomic E-state index is 9.31. The zero-order valence-electron chi connectivity index (χ0n) is 12.5. The zero-order chi connectivity index (χ0) is 13.8. The number of hydrogen-bond acceptors (Lipinski definition) is 4. The smallest absolute Gasteiger partial charge is 0.0609 e. The molecule has 1 saturated heterocycles. The Labute approximate surface area is 112 Å². The van der Waals surface area contributed by atoms with Crippen LogP contribution in [0.3, 0.4) is 0 Å². The van der Waals surface area contributed by atoms with Crippen molar-refractivity contribution in [2.45, 2.75) is 57.7 Å². The molecular weight excluding hydrogens is 226 g/mol. The van der Waals surface area contributed by atoms with Crippen molar-refractivity contribution in [3.8, 4) is 0 Å². The third kappa shape index (κ3) is 4.50. The fraction of sp³-hybridized carbons (Fsp3) is 1.00. The van der Waals surface area contributed by atoms with Gasteiger partial charge in [-0.3, -0.25) is 4.90 Å². The molecule has 3 N–H and O–H groups in total. The van der Waals surface area contributed by atoms with Gasteiger partial charge >= 0.3 is 0 Å². The molecule has 0 radical (unpaired) electrons. The lowest BCUT2D eigenvalue weighted by Crippen LogP contribution is -2.51. The molecule has 3 unspecified atom stereocenters. The van der Waals surface area contributed by atoms with Crippen LogP contribution < -0.4 is 5.73 Å². The second-order valence-electron chi connectivity index (χ2n) is 6.28. The van der Waals surface area contributed by atoms with E-state index in [1.54, 1.807) is 0 Å². The molecule has 4 nitrogen and oxygen atoms in total. The first-order valence-corrected chi connectivity index (χ1v) is 7.23. The van der Waals surface area contributed by atoms with Crippen molar-refractivity contribution in [1.29, 1.82) is 0 Å². The van der Waals surface area contributed by atoms with Crippen LogP contribution in [0.5, 0.6) is 0 Å². The van der Waals surface area contributed by atoms with Crippen LogP contribution in [0, 0.1) is 0 Å². The Bertz CT molecular complexity index is 245. The van der Waals surface area contributed by atoms with Crippen molar-refractivity contribution in [3.63, 3.8) is 0 Å². The van der Waals surface area contributed by atoms with Crippen molar-refractivity contribution in [1.82, 2.24) is 9.80 Å². The predicted octanol–water partition coefficient (Wildman–Crippen LogP) is 0.891. The molecule has 0 spiro atoms. The van der Waals surface area contributed by atoms with Gasteiger partial charge in [-0.25, -0.2) is 0 Å². The normalized spacial score (nSPS) is 28.7. The van der Waals surface area contributed by atoms with Gasteiger partial charge in [-0.05, 0) is 53.2 Å². The van der Waals surface area contributed by atoms with Gasteiger partial charge in [-0.2, -0.15) is 0 Å². The first-order chi connectivity index (χ1) is 8.39. The molecule has 0 saturated carbocycles. The van der Waals surface area contributed by atoms with E-state index in [0.29, 0.717) is 12.1 Å². The molecule has 18 heavy (non-hydrogen) atoms. The van der Waals surface area contributed by atoms with E-state index < -0.39 is 5.54 Å². The van der Waals surface area contributed by atoms with Crippen molar-refractivity contribution < 1.29 is 5.11 Å². The van der Waals surface area contributed by atoms with Crippen LogP contribution in [0.25, 0.3) is 0 Å². The number of likely N-dealkylation sites (N-methyl/N-ethyl adjacent to an activating group) is 1. The summed E-state index contributed by atoms with van der Waals surface area (Å²) in [6.45, 7) is 9.97. The number of aliphatic hydroxyl groups is 1. The number of aliphatic hydroxyl groups excluding tert-OH is 1. The van der Waals surface area contributed by atoms with Gasteiger partial charge in [0, 0.05) is 24.2 Å². The van der Waals surface area contributed by atoms with Gasteiger partial charge in [0.05, 0.1) is 6.61 Å². The van der Waals surface area contributed by atoms with Crippen molar-refractivity contribution in [2.24, 2.45) is 5.73 Å². The molecule has 0 aliphatic carbocycles. The minimum absolute atomic E-state index is 0.0574. The first-order valence-electron chi connectivity index (χ1n) is 7.23. The zero-order valence-corrected chi connectivity index (χ0v) is 12.5. The molecule has 108 valence electrons. The highest BCUT2D eigenvalue weighted by Gasteiger charge is 2.29. The van der Waals surface area contributed by atoms with Crippen LogP contribution in [0.2, 0.25) is 0 Å². The Balaban J connectivity index is 2.66. The van der Waals surface area contributed by atoms with Gasteiger partial charge in [0.25, 0.3) is 0 Å². The molecule has 1 fully saturated rings. The average molecular weight is 257 g/mol. The van der Waals surface area contributed by atoms with Crippen LogP contribution >= 0.6 is 0 Å². The summed E-state index contributed by atoms with van der Waals surface area (Å²) in [5.74, 6) is 0. The summed E-state index contributed by atoms with van der Waals surface area (Å²) >= 11 is 0. The standard InChI is InChI=1S/C14H31N3O/c1-5-13-10-16(4)7-6-8-17(13)12(2)9-14(3,15)11-18/h12-13,18H,5-11,15H2,1-4H3. The highest BCUT2D eigenvalue weighted by molar-refractivity contribution is 4.88. The van der Waals surface area contributed by atoms with Crippen molar-refractivity contribution >= 4 is 0 Å². The summed E-state index contributed by atoms with van der Waals surface area (Å²) in [6, 6.07) is 1.05. The molecule has 4 heteroatoms. The largest absolute Gasteiger partial charge is 0.394 e. The van der Waals surface area contributed by atoms with Crippen LogP contribution in [0.15, 0.2) is 0 Å². The summed E-state index contributed by atoms with van der Waals surface area (Å²) in [7, 11) is 2.21. The highest BCUT2D eigenvalue weighted by atomic mass is 16.3. The molecule has 1 rings (SSSR count). The second kappa shape index (κ2) is 6.85. The van der Waals surface area contributed by atoms with E-state index >= 15 is 0 Å². The molecule has 1 aliphatic heterocycles. The summed E-state index contributed by atoms with van der Waals surface area (Å²) in [5, 5.41) is 9.31. The minimum Gasteiger partial charge on any atom is -0.394 e. The Morgan fingerprint density at radius 2 is 2.11 bits per heavy atom. The number of nitrogens with two attached hydrogens (primary N) is 1. The number of hydrogen-bond donors (Lipinski definition) is 2. The molecule has 0 amide bonds. The predicted molar refractivity (Wildman–Crippen MR) is 76.7 cm³/mol. The van der Waals surface area contributed by atoms with E-state index in [2.05, 4.69) is 30.7 Å². The van der Waals surface area contributed by atoms with Crippen molar-refractivity contribution in [2.75, 3.05) is 33.3 Å². The molecule has 0 aromatic carbocycles. The van der Waals surface area contributed by atoms with Crippen molar-refractivity contribution in [3.05, 3.63) is 0 Å². The Morgan fingerprint density at radius 1 is 1.44 bits per heavy atom. The highest BCUT2D eigenvalue weighted by Crippen LogP contribution is 2.20. The fourth-order valence-corrected chi connectivity index (χ4v) is 3.06. The SMILES string of the molecule is CCC1CN(C)CCCN1C(C)CC(C)(N)CO. The quantitative estimate of drug-likeness (QED) is 0.768. The number of nitrogens with zero attached hydrogens (tertiary/aromatic N) is 2. The third-order valence-corrected chi connectivity index (χ3v) is 4.11. The van der Waals surface area contributed by atoms with Crippen LogP contribution in [0.4, 0.5) is 0 Å². The van der Waals surface area contributed by atoms with Gasteiger partial charge in [0.15, 0.2) is 0 Å². The minimum atomic E-state index is -0.462. The van der Waals surface area contributed by atoms with E-state index in [1.165, 1.54) is 19.4 Å². The second-order valence-corrected chi connectivity index (χ2v) is 6.28. The van der Waals surface area contributed by atoms with E-state index in [4.69, 9.17) is 5.73 Å².